The van der Waals surface area contributed by atoms with E-state index in [9.17, 15) is 18.1 Å². The number of ether oxygens (including phenoxy) is 1. The summed E-state index contributed by atoms with van der Waals surface area (Å²) in [5.41, 5.74) is 1.10. The van der Waals surface area contributed by atoms with Crippen molar-refractivity contribution in [2.75, 3.05) is 0 Å². The van der Waals surface area contributed by atoms with Crippen molar-refractivity contribution in [3.8, 4) is 17.2 Å². The molecule has 0 aromatic heterocycles. The summed E-state index contributed by atoms with van der Waals surface area (Å²) in [5.74, 6) is -0.517. The number of aryl methyl sites for hydroxylation is 1. The predicted octanol–water partition coefficient (Wildman–Crippen LogP) is 4.05. The molecule has 0 atom stereocenters. The van der Waals surface area contributed by atoms with Gasteiger partial charge in [-0.1, -0.05) is 108 Å². The van der Waals surface area contributed by atoms with E-state index in [1.165, 1.54) is 82.8 Å². The first-order valence-electron chi connectivity index (χ1n) is 12.0. The molecule has 0 radical (unpaired) electrons. The average Bonchev–Trinajstić information content (AvgIpc) is 2.74. The fraction of sp³-hybridized carbons (Fsp3) is 0.538. The van der Waals surface area contributed by atoms with E-state index in [-0.39, 0.29) is 57.1 Å². The monoisotopic (exact) mass is 500 g/mol. The van der Waals surface area contributed by atoms with Crippen molar-refractivity contribution in [2.45, 2.75) is 95.3 Å². The zero-order valence-corrected chi connectivity index (χ0v) is 24.2. The van der Waals surface area contributed by atoms with Crippen LogP contribution in [0.2, 0.25) is 0 Å². The summed E-state index contributed by atoms with van der Waals surface area (Å²) in [6.45, 7) is 2.25. The van der Waals surface area contributed by atoms with Crippen LogP contribution in [-0.4, -0.2) is 13.0 Å². The van der Waals surface area contributed by atoms with Gasteiger partial charge in [0.1, 0.15) is 16.4 Å². The molecule has 0 heterocycles. The third-order valence-corrected chi connectivity index (χ3v) is 6.56. The molecule has 0 fully saturated rings. The quantitative estimate of drug-likeness (QED) is 0.213. The Kier molecular flexibility index (Phi) is 15.9. The summed E-state index contributed by atoms with van der Waals surface area (Å²) in [7, 11) is -4.67. The molecule has 0 aliphatic carbocycles. The molecular weight excluding hydrogens is 463 g/mol. The third-order valence-electron chi connectivity index (χ3n) is 5.65. The molecule has 2 aromatic rings. The van der Waals surface area contributed by atoms with Crippen LogP contribution < -0.4 is 61.2 Å². The van der Waals surface area contributed by atoms with Crippen LogP contribution in [0.15, 0.2) is 47.4 Å². The van der Waals surface area contributed by atoms with E-state index in [2.05, 4.69) is 6.92 Å². The van der Waals surface area contributed by atoms with Crippen molar-refractivity contribution in [1.82, 2.24) is 0 Å². The Hall–Kier alpha value is -0.414. The summed E-state index contributed by atoms with van der Waals surface area (Å²) in [6.07, 6.45) is 16.6. The van der Waals surface area contributed by atoms with Crippen LogP contribution in [0, 0.1) is 0 Å². The molecule has 0 saturated heterocycles. The summed E-state index contributed by atoms with van der Waals surface area (Å²) in [4.78, 5) is -0.730. The molecule has 33 heavy (non-hydrogen) atoms. The zero-order chi connectivity index (χ0) is 23.2. The van der Waals surface area contributed by atoms with Gasteiger partial charge in [0.05, 0.1) is 0 Å². The topological polar surface area (TPSA) is 86.7 Å². The van der Waals surface area contributed by atoms with Crippen molar-refractivity contribution in [2.24, 2.45) is 0 Å². The van der Waals surface area contributed by atoms with E-state index in [1.807, 2.05) is 18.2 Å². The normalized spacial score (nSPS) is 11.2. The van der Waals surface area contributed by atoms with Gasteiger partial charge in [-0.25, -0.2) is 0 Å². The molecule has 5 nitrogen and oxygen atoms in total. The van der Waals surface area contributed by atoms with E-state index in [1.54, 1.807) is 6.07 Å². The second kappa shape index (κ2) is 17.1. The number of hydrogen-bond donors (Lipinski definition) is 1. The maximum Gasteiger partial charge on any atom is 1.00 e. The maximum atomic E-state index is 11.9. The number of hydrogen-bond acceptors (Lipinski definition) is 4. The Morgan fingerprint density at radius 1 is 0.818 bits per heavy atom. The van der Waals surface area contributed by atoms with Gasteiger partial charge in [0.25, 0.3) is 10.1 Å². The first-order valence-corrected chi connectivity index (χ1v) is 13.4. The molecule has 7 heteroatoms. The van der Waals surface area contributed by atoms with Crippen LogP contribution in [-0.2, 0) is 16.5 Å². The minimum Gasteiger partial charge on any atom is -0.871 e. The summed E-state index contributed by atoms with van der Waals surface area (Å²) < 4.78 is 38.1. The second-order valence-corrected chi connectivity index (χ2v) is 9.81. The van der Waals surface area contributed by atoms with Gasteiger partial charge in [-0.3, -0.25) is 4.55 Å². The fourth-order valence-corrected chi connectivity index (χ4v) is 4.58. The van der Waals surface area contributed by atoms with E-state index in [0.29, 0.717) is 5.75 Å². The number of unbranched alkanes of at least 4 members (excludes halogenated alkanes) is 11. The van der Waals surface area contributed by atoms with Gasteiger partial charge in [0.2, 0.25) is 0 Å². The Morgan fingerprint density at radius 3 is 1.94 bits per heavy atom. The van der Waals surface area contributed by atoms with Gasteiger partial charge in [0, 0.05) is 0 Å². The molecule has 0 saturated carbocycles. The predicted molar refractivity (Wildman–Crippen MR) is 127 cm³/mol. The van der Waals surface area contributed by atoms with Gasteiger partial charge in [0.15, 0.2) is 0 Å². The summed E-state index contributed by atoms with van der Waals surface area (Å²) in [5, 5.41) is 11.9. The van der Waals surface area contributed by atoms with E-state index < -0.39 is 20.8 Å². The first kappa shape index (κ1) is 30.6. The molecule has 178 valence electrons. The number of rotatable bonds is 16. The Balaban J connectivity index is 0.00000544. The SMILES string of the molecule is CCCCCCCCCCCCCCc1cccc(Oc2cccc([O-])c2S(=O)(=O)O)c1.[K+]. The molecular formula is C26H37KO5S. The molecule has 0 aliphatic rings. The van der Waals surface area contributed by atoms with Crippen molar-refractivity contribution in [1.29, 1.82) is 0 Å². The van der Waals surface area contributed by atoms with E-state index >= 15 is 0 Å². The van der Waals surface area contributed by atoms with Crippen LogP contribution in [0.25, 0.3) is 0 Å². The van der Waals surface area contributed by atoms with Crippen molar-refractivity contribution in [3.63, 3.8) is 0 Å². The molecule has 0 bridgehead atoms. The number of benzene rings is 2. The minimum absolute atomic E-state index is 0. The van der Waals surface area contributed by atoms with Gasteiger partial charge in [-0.05, 0) is 36.6 Å². The molecule has 2 rings (SSSR count). The Labute approximate surface area is 242 Å². The summed E-state index contributed by atoms with van der Waals surface area (Å²) in [6, 6.07) is 11.3. The van der Waals surface area contributed by atoms with Crippen LogP contribution in [0.3, 0.4) is 0 Å². The van der Waals surface area contributed by atoms with Gasteiger partial charge < -0.3 is 9.84 Å². The molecule has 0 spiro atoms. The molecule has 0 aliphatic heterocycles. The molecule has 1 N–H and O–H groups in total. The van der Waals surface area contributed by atoms with Gasteiger partial charge in [-0.15, -0.1) is 0 Å². The van der Waals surface area contributed by atoms with E-state index in [0.717, 1.165) is 24.5 Å². The Bertz CT molecular complexity index is 915. The summed E-state index contributed by atoms with van der Waals surface area (Å²) >= 11 is 0. The minimum atomic E-state index is -4.67. The largest absolute Gasteiger partial charge is 1.00 e. The zero-order valence-electron chi connectivity index (χ0n) is 20.2. The smallest absolute Gasteiger partial charge is 0.871 e. The Morgan fingerprint density at radius 2 is 1.36 bits per heavy atom. The van der Waals surface area contributed by atoms with Crippen molar-refractivity contribution < 1.29 is 74.2 Å². The van der Waals surface area contributed by atoms with Gasteiger partial charge >= 0.3 is 51.4 Å². The van der Waals surface area contributed by atoms with Crippen molar-refractivity contribution in [3.05, 3.63) is 48.0 Å². The van der Waals surface area contributed by atoms with Crippen molar-refractivity contribution >= 4 is 10.1 Å². The molecule has 2 aromatic carbocycles. The fourth-order valence-electron chi connectivity index (χ4n) is 3.89. The van der Waals surface area contributed by atoms with Crippen LogP contribution in [0.1, 0.15) is 89.5 Å². The average molecular weight is 501 g/mol. The molecule has 0 amide bonds. The standard InChI is InChI=1S/C26H38O5S.K/c1-2-3-4-5-6-7-8-9-10-11-12-13-16-22-17-14-18-23(21-22)31-25-20-15-19-24(27)26(25)32(28,29)30;/h14-15,17-21,27H,2-13,16H2,1H3,(H,28,29,30);/q;+1/p-1. The van der Waals surface area contributed by atoms with Crippen LogP contribution in [0.4, 0.5) is 0 Å². The van der Waals surface area contributed by atoms with Gasteiger partial charge in [-0.2, -0.15) is 8.42 Å². The van der Waals surface area contributed by atoms with Crippen LogP contribution in [0.5, 0.6) is 17.2 Å². The van der Waals surface area contributed by atoms with E-state index in [4.69, 9.17) is 4.74 Å². The second-order valence-electron chi connectivity index (χ2n) is 8.45. The van der Waals surface area contributed by atoms with Crippen LogP contribution >= 0.6 is 0 Å². The first-order chi connectivity index (χ1) is 15.4. The molecule has 0 unspecified atom stereocenters. The maximum absolute atomic E-state index is 11.9. The third kappa shape index (κ3) is 12.2.